The summed E-state index contributed by atoms with van der Waals surface area (Å²) in [5.41, 5.74) is 2.63. The van der Waals surface area contributed by atoms with Crippen molar-refractivity contribution in [2.75, 3.05) is 27.4 Å². The number of nitrogens with zero attached hydrogens (tertiary/aromatic N) is 3. The summed E-state index contributed by atoms with van der Waals surface area (Å²) in [6, 6.07) is 11.1. The van der Waals surface area contributed by atoms with E-state index in [2.05, 4.69) is 15.5 Å². The molecule has 1 aliphatic heterocycles. The average molecular weight is 471 g/mol. The number of aromatic hydroxyl groups is 1. The van der Waals surface area contributed by atoms with Gasteiger partial charge in [-0.05, 0) is 48.9 Å². The molecule has 3 aromatic rings. The number of carbonyl (C=O) groups is 1. The summed E-state index contributed by atoms with van der Waals surface area (Å²) < 4.78 is 15.9. The van der Waals surface area contributed by atoms with Crippen molar-refractivity contribution in [2.24, 2.45) is 0 Å². The van der Waals surface area contributed by atoms with E-state index in [1.165, 1.54) is 7.11 Å². The lowest BCUT2D eigenvalue weighted by atomic mass is 9.94. The normalized spacial score (nSPS) is 16.2. The molecule has 1 aliphatic rings. The third-order valence-electron chi connectivity index (χ3n) is 5.41. The van der Waals surface area contributed by atoms with E-state index in [9.17, 15) is 9.90 Å². The maximum absolute atomic E-state index is 12.9. The minimum absolute atomic E-state index is 0.0459. The Balaban J connectivity index is 1.80. The number of carbonyl (C=O) groups excluding carboxylic acids is 1. The van der Waals surface area contributed by atoms with Crippen molar-refractivity contribution in [1.82, 2.24) is 20.4 Å². The summed E-state index contributed by atoms with van der Waals surface area (Å²) in [6.45, 7) is 2.51. The van der Waals surface area contributed by atoms with E-state index >= 15 is 0 Å². The van der Waals surface area contributed by atoms with Gasteiger partial charge in [0, 0.05) is 23.4 Å². The molecule has 4 rings (SSSR count). The third kappa shape index (κ3) is 4.50. The Bertz CT molecular complexity index is 1190. The van der Waals surface area contributed by atoms with Crippen LogP contribution in [0.5, 0.6) is 11.5 Å². The van der Waals surface area contributed by atoms with Crippen LogP contribution in [-0.4, -0.2) is 53.5 Å². The number of hydrogen-bond acceptors (Lipinski definition) is 7. The van der Waals surface area contributed by atoms with Crippen molar-refractivity contribution in [3.05, 3.63) is 64.6 Å². The maximum Gasteiger partial charge on any atom is 0.322 e. The fourth-order valence-electron chi connectivity index (χ4n) is 3.70. The molecule has 0 saturated carbocycles. The van der Waals surface area contributed by atoms with Crippen molar-refractivity contribution in [2.45, 2.75) is 13.0 Å². The fourth-order valence-corrected chi connectivity index (χ4v) is 3.82. The highest BCUT2D eigenvalue weighted by Gasteiger charge is 2.36. The Morgan fingerprint density at radius 1 is 1.21 bits per heavy atom. The summed E-state index contributed by atoms with van der Waals surface area (Å²) in [5.74, 6) is 0.918. The Hall–Kier alpha value is -3.56. The molecule has 0 radical (unpaired) electrons. The predicted molar refractivity (Wildman–Crippen MR) is 122 cm³/mol. The van der Waals surface area contributed by atoms with Gasteiger partial charge in [0.05, 0.1) is 31.9 Å². The second-order valence-electron chi connectivity index (χ2n) is 7.39. The molecule has 0 aliphatic carbocycles. The molecule has 172 valence electrons. The Kier molecular flexibility index (Phi) is 6.52. The second kappa shape index (κ2) is 9.51. The van der Waals surface area contributed by atoms with Gasteiger partial charge < -0.3 is 24.4 Å². The Labute approximate surface area is 195 Å². The summed E-state index contributed by atoms with van der Waals surface area (Å²) in [6.07, 6.45) is 0. The molecule has 1 atom stereocenters. The molecule has 0 saturated heterocycles. The number of ether oxygens (including phenoxy) is 2. The van der Waals surface area contributed by atoms with Crippen LogP contribution in [0.3, 0.4) is 0 Å². The molecule has 1 unspecified atom stereocenters. The first-order valence-corrected chi connectivity index (χ1v) is 10.6. The van der Waals surface area contributed by atoms with E-state index in [0.717, 1.165) is 5.56 Å². The van der Waals surface area contributed by atoms with Gasteiger partial charge in [0.25, 0.3) is 5.89 Å². The zero-order valence-electron chi connectivity index (χ0n) is 18.3. The van der Waals surface area contributed by atoms with Crippen LogP contribution in [-0.2, 0) is 4.74 Å². The molecule has 33 heavy (non-hydrogen) atoms. The number of hydrogen-bond donors (Lipinski definition) is 2. The molecular formula is C23H23ClN4O5. The van der Waals surface area contributed by atoms with Crippen LogP contribution in [0.4, 0.5) is 4.79 Å². The summed E-state index contributed by atoms with van der Waals surface area (Å²) >= 11 is 5.98. The fraction of sp³-hybridized carbons (Fsp3) is 0.261. The third-order valence-corrected chi connectivity index (χ3v) is 5.66. The van der Waals surface area contributed by atoms with Crippen molar-refractivity contribution in [3.63, 3.8) is 0 Å². The molecule has 2 amide bonds. The Morgan fingerprint density at radius 3 is 2.64 bits per heavy atom. The van der Waals surface area contributed by atoms with Crippen molar-refractivity contribution >= 4 is 23.2 Å². The minimum Gasteiger partial charge on any atom is -0.504 e. The highest BCUT2D eigenvalue weighted by atomic mass is 35.5. The van der Waals surface area contributed by atoms with Gasteiger partial charge >= 0.3 is 6.03 Å². The quantitative estimate of drug-likeness (QED) is 0.531. The molecule has 0 fully saturated rings. The predicted octanol–water partition coefficient (Wildman–Crippen LogP) is 4.25. The smallest absolute Gasteiger partial charge is 0.322 e. The Morgan fingerprint density at radius 2 is 1.97 bits per heavy atom. The molecule has 0 spiro atoms. The summed E-state index contributed by atoms with van der Waals surface area (Å²) in [7, 11) is 3.04. The molecular weight excluding hydrogens is 448 g/mol. The number of amides is 2. The topological polar surface area (TPSA) is 110 Å². The molecule has 1 aromatic heterocycles. The first-order chi connectivity index (χ1) is 15.9. The van der Waals surface area contributed by atoms with Crippen LogP contribution < -0.4 is 10.1 Å². The standard InChI is InChI=1S/C23H23ClN4O5/c1-13-19(22-26-21(27-33-22)14-4-7-16(24)8-5-14)20(25-23(30)28(13)10-11-31-2)15-6-9-18(32-3)17(29)12-15/h4-9,12,20,29H,10-11H2,1-3H3,(H,25,30). The first-order valence-electron chi connectivity index (χ1n) is 10.2. The van der Waals surface area contributed by atoms with Crippen LogP contribution in [0.2, 0.25) is 5.02 Å². The number of aromatic nitrogens is 2. The van der Waals surface area contributed by atoms with Gasteiger partial charge in [-0.25, -0.2) is 4.79 Å². The number of benzene rings is 2. The van der Waals surface area contributed by atoms with Crippen LogP contribution in [0, 0.1) is 0 Å². The number of urea groups is 1. The highest BCUT2D eigenvalue weighted by Crippen LogP contribution is 2.39. The van der Waals surface area contributed by atoms with E-state index in [1.54, 1.807) is 54.5 Å². The molecule has 9 nitrogen and oxygen atoms in total. The second-order valence-corrected chi connectivity index (χ2v) is 7.82. The largest absolute Gasteiger partial charge is 0.504 e. The number of nitrogens with one attached hydrogen (secondary N) is 1. The zero-order chi connectivity index (χ0) is 23.5. The highest BCUT2D eigenvalue weighted by molar-refractivity contribution is 6.30. The van der Waals surface area contributed by atoms with Crippen LogP contribution in [0.25, 0.3) is 17.0 Å². The summed E-state index contributed by atoms with van der Waals surface area (Å²) in [4.78, 5) is 19.0. The molecule has 2 N–H and O–H groups in total. The number of phenolic OH excluding ortho intramolecular Hbond substituents is 1. The number of methoxy groups -OCH3 is 2. The van der Waals surface area contributed by atoms with Crippen LogP contribution >= 0.6 is 11.6 Å². The van der Waals surface area contributed by atoms with E-state index < -0.39 is 6.04 Å². The first kappa shape index (κ1) is 22.6. The lowest BCUT2D eigenvalue weighted by Gasteiger charge is -2.35. The number of phenols is 1. The molecule has 10 heteroatoms. The van der Waals surface area contributed by atoms with Gasteiger partial charge in [0.2, 0.25) is 5.82 Å². The van der Waals surface area contributed by atoms with Gasteiger partial charge in [-0.15, -0.1) is 0 Å². The zero-order valence-corrected chi connectivity index (χ0v) is 19.1. The molecule has 2 heterocycles. The van der Waals surface area contributed by atoms with Crippen molar-refractivity contribution < 1.29 is 23.9 Å². The average Bonchev–Trinajstić information content (AvgIpc) is 3.28. The van der Waals surface area contributed by atoms with Crippen LogP contribution in [0.15, 0.2) is 52.7 Å². The van der Waals surface area contributed by atoms with Gasteiger partial charge in [-0.3, -0.25) is 4.90 Å². The van der Waals surface area contributed by atoms with Crippen molar-refractivity contribution in [3.8, 4) is 22.9 Å². The van der Waals surface area contributed by atoms with Crippen LogP contribution in [0.1, 0.15) is 24.4 Å². The van der Waals surface area contributed by atoms with Crippen molar-refractivity contribution in [1.29, 1.82) is 0 Å². The monoisotopic (exact) mass is 470 g/mol. The van der Waals surface area contributed by atoms with E-state index in [-0.39, 0.29) is 17.7 Å². The lowest BCUT2D eigenvalue weighted by molar-refractivity contribution is 0.158. The maximum atomic E-state index is 12.9. The number of allylic oxidation sites excluding steroid dienone is 1. The molecule has 2 aromatic carbocycles. The van der Waals surface area contributed by atoms with Gasteiger partial charge in [0.1, 0.15) is 0 Å². The number of rotatable bonds is 7. The van der Waals surface area contributed by atoms with E-state index in [1.807, 2.05) is 6.92 Å². The molecule has 0 bridgehead atoms. The van der Waals surface area contributed by atoms with Gasteiger partial charge in [-0.1, -0.05) is 22.8 Å². The minimum atomic E-state index is -0.633. The van der Waals surface area contributed by atoms with E-state index in [4.69, 9.17) is 25.6 Å². The SMILES string of the molecule is COCCN1C(=O)NC(c2ccc(OC)c(O)c2)C(c2nc(-c3ccc(Cl)cc3)no2)=C1C. The van der Waals surface area contributed by atoms with Gasteiger partial charge in [0.15, 0.2) is 11.5 Å². The summed E-state index contributed by atoms with van der Waals surface area (Å²) in [5, 5.41) is 18.0. The number of halogens is 1. The lowest BCUT2D eigenvalue weighted by Crippen LogP contribution is -2.47. The van der Waals surface area contributed by atoms with E-state index in [0.29, 0.717) is 46.6 Å². The van der Waals surface area contributed by atoms with Gasteiger partial charge in [-0.2, -0.15) is 4.98 Å².